The van der Waals surface area contributed by atoms with Crippen LogP contribution in [-0.4, -0.2) is 41.9 Å². The van der Waals surface area contributed by atoms with E-state index in [0.29, 0.717) is 18.8 Å². The van der Waals surface area contributed by atoms with E-state index in [1.165, 1.54) is 5.69 Å². The fraction of sp³-hybridized carbons (Fsp3) is 0.368. The monoisotopic (exact) mass is 348 g/mol. The van der Waals surface area contributed by atoms with Gasteiger partial charge in [-0.2, -0.15) is 5.10 Å². The van der Waals surface area contributed by atoms with Gasteiger partial charge in [0.25, 0.3) is 5.91 Å². The summed E-state index contributed by atoms with van der Waals surface area (Å²) in [6, 6.07) is 10.1. The molecule has 1 aliphatic carbocycles. The molecule has 3 heterocycles. The van der Waals surface area contributed by atoms with E-state index >= 15 is 0 Å². The van der Waals surface area contributed by atoms with Gasteiger partial charge < -0.3 is 9.47 Å². The quantitative estimate of drug-likeness (QED) is 0.709. The minimum atomic E-state index is 0.00438. The molecule has 7 heteroatoms. The Labute approximate surface area is 151 Å². The molecule has 0 saturated heterocycles. The Balaban J connectivity index is 1.50. The van der Waals surface area contributed by atoms with Crippen LogP contribution in [0.4, 0.5) is 0 Å². The highest BCUT2D eigenvalue weighted by atomic mass is 16.2. The number of aromatic nitrogens is 5. The molecular formula is C19H20N6O. The topological polar surface area (TPSA) is 68.8 Å². The van der Waals surface area contributed by atoms with Gasteiger partial charge in [0.1, 0.15) is 5.82 Å². The summed E-state index contributed by atoms with van der Waals surface area (Å²) in [6.07, 6.45) is 2.97. The number of benzene rings is 1. The van der Waals surface area contributed by atoms with Crippen molar-refractivity contribution in [3.05, 3.63) is 58.9 Å². The second kappa shape index (κ2) is 5.79. The highest BCUT2D eigenvalue weighted by molar-refractivity contribution is 5.94. The summed E-state index contributed by atoms with van der Waals surface area (Å²) in [5.74, 6) is 1.76. The molecule has 7 nitrogen and oxygen atoms in total. The normalized spacial score (nSPS) is 15.8. The molecule has 0 fully saturated rings. The van der Waals surface area contributed by atoms with Crippen molar-refractivity contribution in [2.45, 2.75) is 39.3 Å². The van der Waals surface area contributed by atoms with Crippen molar-refractivity contribution in [3.63, 3.8) is 0 Å². The van der Waals surface area contributed by atoms with E-state index in [4.69, 9.17) is 5.10 Å². The summed E-state index contributed by atoms with van der Waals surface area (Å²) in [4.78, 5) is 15.1. The number of hydrogen-bond acceptors (Lipinski definition) is 4. The van der Waals surface area contributed by atoms with Gasteiger partial charge in [0.05, 0.1) is 12.2 Å². The van der Waals surface area contributed by atoms with Crippen LogP contribution in [-0.2, 0) is 25.9 Å². The number of aryl methyl sites for hydroxylation is 1. The van der Waals surface area contributed by atoms with Crippen LogP contribution in [0.15, 0.2) is 30.3 Å². The van der Waals surface area contributed by atoms with Crippen molar-refractivity contribution >= 4 is 5.91 Å². The number of rotatable bonds is 2. The molecular weight excluding hydrogens is 328 g/mol. The average Bonchev–Trinajstić information content (AvgIpc) is 3.37. The third-order valence-electron chi connectivity index (χ3n) is 5.36. The van der Waals surface area contributed by atoms with E-state index in [0.717, 1.165) is 48.7 Å². The third-order valence-corrected chi connectivity index (χ3v) is 5.36. The van der Waals surface area contributed by atoms with Gasteiger partial charge in [-0.25, -0.2) is 4.68 Å². The number of hydrogen-bond donors (Lipinski definition) is 0. The lowest BCUT2D eigenvalue weighted by Crippen LogP contribution is -2.39. The second-order valence-electron chi connectivity index (χ2n) is 6.92. The van der Waals surface area contributed by atoms with Crippen LogP contribution in [0.2, 0.25) is 0 Å². The maximum Gasteiger partial charge on any atom is 0.275 e. The van der Waals surface area contributed by atoms with Gasteiger partial charge in [-0.15, -0.1) is 10.2 Å². The minimum Gasteiger partial charge on any atom is -0.328 e. The minimum absolute atomic E-state index is 0.00438. The molecule has 0 spiro atoms. The van der Waals surface area contributed by atoms with Crippen LogP contribution < -0.4 is 0 Å². The van der Waals surface area contributed by atoms with Crippen LogP contribution >= 0.6 is 0 Å². The van der Waals surface area contributed by atoms with Gasteiger partial charge in [-0.05, 0) is 38.3 Å². The zero-order valence-electron chi connectivity index (χ0n) is 14.7. The molecule has 1 amide bonds. The van der Waals surface area contributed by atoms with Crippen molar-refractivity contribution in [3.8, 4) is 5.69 Å². The van der Waals surface area contributed by atoms with Crippen molar-refractivity contribution in [2.75, 3.05) is 6.54 Å². The Hall–Kier alpha value is -2.96. The second-order valence-corrected chi connectivity index (χ2v) is 6.92. The molecule has 0 unspecified atom stereocenters. The predicted octanol–water partition coefficient (Wildman–Crippen LogP) is 1.92. The molecule has 1 aliphatic heterocycles. The third kappa shape index (κ3) is 2.27. The van der Waals surface area contributed by atoms with E-state index in [2.05, 4.69) is 14.8 Å². The number of para-hydroxylation sites is 1. The lowest BCUT2D eigenvalue weighted by molar-refractivity contribution is 0.0699. The fourth-order valence-electron chi connectivity index (χ4n) is 4.02. The molecule has 0 saturated carbocycles. The van der Waals surface area contributed by atoms with Gasteiger partial charge in [0.2, 0.25) is 0 Å². The number of fused-ring (bicyclic) bond motifs is 2. The first-order chi connectivity index (χ1) is 12.7. The van der Waals surface area contributed by atoms with E-state index in [9.17, 15) is 4.79 Å². The predicted molar refractivity (Wildman–Crippen MR) is 95.1 cm³/mol. The Kier molecular flexibility index (Phi) is 3.41. The Morgan fingerprint density at radius 2 is 1.92 bits per heavy atom. The van der Waals surface area contributed by atoms with Crippen LogP contribution in [0, 0.1) is 6.92 Å². The average molecular weight is 348 g/mol. The molecule has 3 aromatic rings. The van der Waals surface area contributed by atoms with Gasteiger partial charge in [-0.1, -0.05) is 18.2 Å². The molecule has 0 bridgehead atoms. The van der Waals surface area contributed by atoms with E-state index < -0.39 is 0 Å². The standard InChI is InChI=1S/C19H20N6O/c1-13-20-21-17-12-23(10-11-24(13)17)19(26)18-15-8-5-9-16(15)25(22-18)14-6-3-2-4-7-14/h2-4,6-7H,5,8-12H2,1H3. The van der Waals surface area contributed by atoms with Crippen molar-refractivity contribution in [1.82, 2.24) is 29.4 Å². The SMILES string of the molecule is Cc1nnc2n1CCN(C(=O)c1nn(-c3ccccc3)c3c1CCC3)C2. The number of carbonyl (C=O) groups is 1. The highest BCUT2D eigenvalue weighted by Crippen LogP contribution is 2.29. The van der Waals surface area contributed by atoms with E-state index in [1.807, 2.05) is 46.8 Å². The van der Waals surface area contributed by atoms with Crippen molar-refractivity contribution in [1.29, 1.82) is 0 Å². The Morgan fingerprint density at radius 3 is 2.77 bits per heavy atom. The highest BCUT2D eigenvalue weighted by Gasteiger charge is 2.31. The summed E-state index contributed by atoms with van der Waals surface area (Å²) in [5, 5.41) is 13.0. The van der Waals surface area contributed by atoms with Crippen molar-refractivity contribution < 1.29 is 4.79 Å². The zero-order chi connectivity index (χ0) is 17.7. The molecule has 1 aromatic carbocycles. The summed E-state index contributed by atoms with van der Waals surface area (Å²) in [5.41, 5.74) is 3.90. The van der Waals surface area contributed by atoms with E-state index in [-0.39, 0.29) is 5.91 Å². The Bertz CT molecular complexity index is 987. The van der Waals surface area contributed by atoms with Crippen LogP contribution in [0.1, 0.15) is 39.8 Å². The summed E-state index contributed by atoms with van der Waals surface area (Å²) < 4.78 is 4.03. The fourth-order valence-corrected chi connectivity index (χ4v) is 4.02. The number of nitrogens with zero attached hydrogens (tertiary/aromatic N) is 6. The van der Waals surface area contributed by atoms with Crippen LogP contribution in [0.3, 0.4) is 0 Å². The lowest BCUT2D eigenvalue weighted by Gasteiger charge is -2.27. The first-order valence-corrected chi connectivity index (χ1v) is 9.06. The summed E-state index contributed by atoms with van der Waals surface area (Å²) in [7, 11) is 0. The number of carbonyl (C=O) groups excluding carboxylic acids is 1. The van der Waals surface area contributed by atoms with Gasteiger partial charge in [0.15, 0.2) is 11.5 Å². The largest absolute Gasteiger partial charge is 0.328 e. The van der Waals surface area contributed by atoms with E-state index in [1.54, 1.807) is 0 Å². The van der Waals surface area contributed by atoms with Crippen molar-refractivity contribution in [2.24, 2.45) is 0 Å². The maximum absolute atomic E-state index is 13.2. The molecule has 2 aromatic heterocycles. The smallest absolute Gasteiger partial charge is 0.275 e. The lowest BCUT2D eigenvalue weighted by atomic mass is 10.1. The number of amides is 1. The van der Waals surface area contributed by atoms with Crippen LogP contribution in [0.25, 0.3) is 5.69 Å². The molecule has 132 valence electrons. The molecule has 0 radical (unpaired) electrons. The molecule has 0 N–H and O–H groups in total. The van der Waals surface area contributed by atoms with Gasteiger partial charge >= 0.3 is 0 Å². The maximum atomic E-state index is 13.2. The van der Waals surface area contributed by atoms with Crippen LogP contribution in [0.5, 0.6) is 0 Å². The molecule has 2 aliphatic rings. The Morgan fingerprint density at radius 1 is 1.08 bits per heavy atom. The summed E-state index contributed by atoms with van der Waals surface area (Å²) >= 11 is 0. The first kappa shape index (κ1) is 15.3. The molecule has 0 atom stereocenters. The van der Waals surface area contributed by atoms with Gasteiger partial charge in [-0.3, -0.25) is 4.79 Å². The summed E-state index contributed by atoms with van der Waals surface area (Å²) in [6.45, 7) is 3.84. The van der Waals surface area contributed by atoms with Gasteiger partial charge in [0, 0.05) is 24.3 Å². The molecule has 5 rings (SSSR count). The molecule has 26 heavy (non-hydrogen) atoms. The zero-order valence-corrected chi connectivity index (χ0v) is 14.7. The first-order valence-electron chi connectivity index (χ1n) is 9.06.